The molecule has 0 radical (unpaired) electrons. The molecule has 3 aromatic rings. The van der Waals surface area contributed by atoms with Gasteiger partial charge in [0.1, 0.15) is 11.6 Å². The van der Waals surface area contributed by atoms with Crippen molar-refractivity contribution in [3.8, 4) is 17.5 Å². The van der Waals surface area contributed by atoms with Gasteiger partial charge in [0, 0.05) is 12.6 Å². The van der Waals surface area contributed by atoms with E-state index < -0.39 is 4.92 Å². The highest BCUT2D eigenvalue weighted by Crippen LogP contribution is 2.33. The molecule has 1 aliphatic heterocycles. The highest BCUT2D eigenvalue weighted by Gasteiger charge is 2.26. The summed E-state index contributed by atoms with van der Waals surface area (Å²) < 4.78 is 5.85. The molecule has 1 saturated heterocycles. The van der Waals surface area contributed by atoms with E-state index in [0.717, 1.165) is 25.9 Å². The Bertz CT molecular complexity index is 1210. The number of nitrogens with one attached hydrogen (secondary N) is 1. The average Bonchev–Trinajstić information content (AvgIpc) is 3.28. The van der Waals surface area contributed by atoms with E-state index in [0.29, 0.717) is 6.54 Å². The van der Waals surface area contributed by atoms with E-state index >= 15 is 0 Å². The largest absolute Gasteiger partial charge is 0.419 e. The second kappa shape index (κ2) is 10.3. The lowest BCUT2D eigenvalue weighted by molar-refractivity contribution is -0.384. The minimum Gasteiger partial charge on any atom is -0.419 e. The molecule has 2 aromatic carbocycles. The summed E-state index contributed by atoms with van der Waals surface area (Å²) in [5.41, 5.74) is 2.77. The SMILES string of the molecule is CC(C)(C)c1ccc(C(CNc2oc(-c3ccccc3[N+](=O)[O-])nc2C#N)N2CCCCC2)cc1. The normalized spacial score (nSPS) is 15.4. The fourth-order valence-corrected chi connectivity index (χ4v) is 4.53. The standard InChI is InChI=1S/C27H31N5O3/c1-27(2,3)20-13-11-19(12-14-20)24(31-15-7-4-8-16-31)18-29-26-22(17-28)30-25(35-26)21-9-5-6-10-23(21)32(33)34/h5-6,9-14,24,29H,4,7-8,15-16,18H2,1-3H3. The molecule has 8 heteroatoms. The number of aromatic nitrogens is 1. The Balaban J connectivity index is 1.61. The first-order valence-electron chi connectivity index (χ1n) is 12.0. The molecule has 8 nitrogen and oxygen atoms in total. The molecule has 0 aliphatic carbocycles. The quantitative estimate of drug-likeness (QED) is 0.328. The molecule has 0 saturated carbocycles. The molecule has 1 unspecified atom stereocenters. The lowest BCUT2D eigenvalue weighted by Crippen LogP contribution is -2.37. The Hall–Kier alpha value is -3.70. The van der Waals surface area contributed by atoms with Crippen LogP contribution in [0.1, 0.15) is 62.9 Å². The minimum absolute atomic E-state index is 0.0559. The van der Waals surface area contributed by atoms with Crippen molar-refractivity contribution in [3.63, 3.8) is 0 Å². The molecule has 0 amide bonds. The Morgan fingerprint density at radius 2 is 1.83 bits per heavy atom. The Kier molecular flexibility index (Phi) is 7.17. The number of likely N-dealkylation sites (tertiary alicyclic amines) is 1. The number of para-hydroxylation sites is 1. The van der Waals surface area contributed by atoms with Crippen LogP contribution in [0.25, 0.3) is 11.5 Å². The van der Waals surface area contributed by atoms with Crippen LogP contribution in [0.5, 0.6) is 0 Å². The van der Waals surface area contributed by atoms with Gasteiger partial charge in [-0.25, -0.2) is 0 Å². The van der Waals surface area contributed by atoms with Crippen LogP contribution in [0.15, 0.2) is 52.9 Å². The van der Waals surface area contributed by atoms with E-state index in [1.165, 1.54) is 23.6 Å². The van der Waals surface area contributed by atoms with Gasteiger partial charge in [-0.05, 0) is 48.5 Å². The van der Waals surface area contributed by atoms with E-state index in [-0.39, 0.29) is 40.2 Å². The summed E-state index contributed by atoms with van der Waals surface area (Å²) in [5.74, 6) is 0.286. The molecule has 35 heavy (non-hydrogen) atoms. The van der Waals surface area contributed by atoms with Gasteiger partial charge < -0.3 is 9.73 Å². The number of benzene rings is 2. The van der Waals surface area contributed by atoms with Gasteiger partial charge >= 0.3 is 0 Å². The molecule has 0 bridgehead atoms. The molecule has 0 spiro atoms. The molecule has 1 atom stereocenters. The number of nitrogens with zero attached hydrogens (tertiary/aromatic N) is 4. The molecular formula is C27H31N5O3. The third kappa shape index (κ3) is 5.52. The van der Waals surface area contributed by atoms with E-state index in [1.54, 1.807) is 18.2 Å². The lowest BCUT2D eigenvalue weighted by atomic mass is 9.86. The third-order valence-corrected chi connectivity index (χ3v) is 6.51. The summed E-state index contributed by atoms with van der Waals surface area (Å²) >= 11 is 0. The van der Waals surface area contributed by atoms with E-state index in [4.69, 9.17) is 4.42 Å². The second-order valence-electron chi connectivity index (χ2n) is 9.95. The molecule has 2 heterocycles. The zero-order chi connectivity index (χ0) is 25.0. The van der Waals surface area contributed by atoms with Gasteiger partial charge in [0.25, 0.3) is 5.69 Å². The number of nitriles is 1. The number of anilines is 1. The van der Waals surface area contributed by atoms with Crippen LogP contribution < -0.4 is 5.32 Å². The Morgan fingerprint density at radius 1 is 1.14 bits per heavy atom. The number of piperidine rings is 1. The number of hydrogen-bond acceptors (Lipinski definition) is 7. The highest BCUT2D eigenvalue weighted by molar-refractivity contribution is 5.68. The van der Waals surface area contributed by atoms with Gasteiger partial charge in [0.15, 0.2) is 0 Å². The number of nitro groups is 1. The van der Waals surface area contributed by atoms with Gasteiger partial charge in [-0.3, -0.25) is 15.0 Å². The van der Waals surface area contributed by atoms with Gasteiger partial charge in [-0.2, -0.15) is 10.2 Å². The van der Waals surface area contributed by atoms with Crippen LogP contribution in [0.4, 0.5) is 11.6 Å². The number of nitro benzene ring substituents is 1. The van der Waals surface area contributed by atoms with Gasteiger partial charge in [-0.1, -0.05) is 63.6 Å². The van der Waals surface area contributed by atoms with Crippen molar-refractivity contribution >= 4 is 11.6 Å². The summed E-state index contributed by atoms with van der Waals surface area (Å²) in [7, 11) is 0. The predicted octanol–water partition coefficient (Wildman–Crippen LogP) is 6.06. The van der Waals surface area contributed by atoms with Gasteiger partial charge in [0.05, 0.1) is 11.0 Å². The van der Waals surface area contributed by atoms with E-state index in [9.17, 15) is 15.4 Å². The summed E-state index contributed by atoms with van der Waals surface area (Å²) in [6.07, 6.45) is 3.55. The first-order valence-corrected chi connectivity index (χ1v) is 12.0. The fourth-order valence-electron chi connectivity index (χ4n) is 4.53. The van der Waals surface area contributed by atoms with Gasteiger partial charge in [-0.15, -0.1) is 0 Å². The van der Waals surface area contributed by atoms with Crippen LogP contribution >= 0.6 is 0 Å². The summed E-state index contributed by atoms with van der Waals surface area (Å²) in [6.45, 7) is 9.15. The van der Waals surface area contributed by atoms with Crippen molar-refractivity contribution in [2.75, 3.05) is 25.0 Å². The molecule has 1 N–H and O–H groups in total. The van der Waals surface area contributed by atoms with Crippen LogP contribution in [0.3, 0.4) is 0 Å². The maximum Gasteiger partial charge on any atom is 0.282 e. The first-order chi connectivity index (χ1) is 16.8. The van der Waals surface area contributed by atoms with Crippen molar-refractivity contribution in [2.45, 2.75) is 51.5 Å². The maximum atomic E-state index is 11.4. The maximum absolute atomic E-state index is 11.4. The third-order valence-electron chi connectivity index (χ3n) is 6.51. The van der Waals surface area contributed by atoms with Crippen molar-refractivity contribution in [1.29, 1.82) is 5.26 Å². The number of oxazole rings is 1. The molecule has 1 aromatic heterocycles. The summed E-state index contributed by atoms with van der Waals surface area (Å²) in [6, 6.07) is 17.1. The van der Waals surface area contributed by atoms with E-state index in [1.807, 2.05) is 0 Å². The van der Waals surface area contributed by atoms with Crippen LogP contribution in [0.2, 0.25) is 0 Å². The van der Waals surface area contributed by atoms with E-state index in [2.05, 4.69) is 66.3 Å². The second-order valence-corrected chi connectivity index (χ2v) is 9.95. The lowest BCUT2D eigenvalue weighted by Gasteiger charge is -2.35. The predicted molar refractivity (Wildman–Crippen MR) is 135 cm³/mol. The smallest absolute Gasteiger partial charge is 0.282 e. The Labute approximate surface area is 205 Å². The number of rotatable bonds is 7. The topological polar surface area (TPSA) is 108 Å². The molecule has 4 rings (SSSR count). The highest BCUT2D eigenvalue weighted by atomic mass is 16.6. The average molecular weight is 474 g/mol. The molecule has 1 aliphatic rings. The van der Waals surface area contributed by atoms with Crippen LogP contribution in [-0.4, -0.2) is 34.4 Å². The first kappa shape index (κ1) is 24.4. The van der Waals surface area contributed by atoms with Gasteiger partial charge in [0.2, 0.25) is 17.5 Å². The number of hydrogen-bond donors (Lipinski definition) is 1. The zero-order valence-corrected chi connectivity index (χ0v) is 20.5. The summed E-state index contributed by atoms with van der Waals surface area (Å²) in [5, 5.41) is 24.4. The van der Waals surface area contributed by atoms with Crippen molar-refractivity contribution in [1.82, 2.24) is 9.88 Å². The molecule has 1 fully saturated rings. The minimum atomic E-state index is -0.480. The van der Waals surface area contributed by atoms with Crippen molar-refractivity contribution in [2.24, 2.45) is 0 Å². The van der Waals surface area contributed by atoms with Crippen molar-refractivity contribution in [3.05, 3.63) is 75.5 Å². The Morgan fingerprint density at radius 3 is 2.46 bits per heavy atom. The van der Waals surface area contributed by atoms with Crippen molar-refractivity contribution < 1.29 is 9.34 Å². The zero-order valence-electron chi connectivity index (χ0n) is 20.5. The molecule has 182 valence electrons. The molecular weight excluding hydrogens is 442 g/mol. The van der Waals surface area contributed by atoms with Crippen LogP contribution in [-0.2, 0) is 5.41 Å². The summed E-state index contributed by atoms with van der Waals surface area (Å²) in [4.78, 5) is 17.7. The monoisotopic (exact) mass is 473 g/mol. The fraction of sp³-hybridized carbons (Fsp3) is 0.407. The van der Waals surface area contributed by atoms with Crippen LogP contribution in [0, 0.1) is 21.4 Å².